The van der Waals surface area contributed by atoms with Crippen LogP contribution in [-0.2, 0) is 9.59 Å². The average molecular weight is 250 g/mol. The maximum atomic E-state index is 12.1. The Kier molecular flexibility index (Phi) is 2.83. The summed E-state index contributed by atoms with van der Waals surface area (Å²) < 4.78 is 0. The molecule has 0 spiro atoms. The number of hydrogen-bond acceptors (Lipinski definition) is 2. The molecule has 4 nitrogen and oxygen atoms in total. The summed E-state index contributed by atoms with van der Waals surface area (Å²) >= 11 is 0. The molecular formula is C14H22N2O2. The summed E-state index contributed by atoms with van der Waals surface area (Å²) in [6.45, 7) is 6.05. The molecule has 3 aliphatic rings. The lowest BCUT2D eigenvalue weighted by molar-refractivity contribution is -0.136. The van der Waals surface area contributed by atoms with E-state index in [2.05, 4.69) is 13.8 Å². The molecule has 3 fully saturated rings. The predicted octanol–water partition coefficient (Wildman–Crippen LogP) is 1.25. The van der Waals surface area contributed by atoms with Gasteiger partial charge < -0.3 is 9.80 Å². The summed E-state index contributed by atoms with van der Waals surface area (Å²) in [5, 5.41) is 0. The first-order chi connectivity index (χ1) is 8.58. The highest BCUT2D eigenvalue weighted by Gasteiger charge is 2.42. The lowest BCUT2D eigenvalue weighted by atomic mass is 9.81. The Morgan fingerprint density at radius 1 is 0.778 bits per heavy atom. The van der Waals surface area contributed by atoms with Gasteiger partial charge in [-0.2, -0.15) is 0 Å². The molecule has 0 aromatic heterocycles. The first-order valence-corrected chi connectivity index (χ1v) is 7.19. The van der Waals surface area contributed by atoms with Gasteiger partial charge in [-0.3, -0.25) is 9.59 Å². The van der Waals surface area contributed by atoms with Crippen molar-refractivity contribution in [2.45, 2.75) is 51.6 Å². The van der Waals surface area contributed by atoms with Crippen LogP contribution in [0.3, 0.4) is 0 Å². The fourth-order valence-corrected chi connectivity index (χ4v) is 3.15. The number of carbonyl (C=O) groups excluding carboxylic acids is 2. The Morgan fingerprint density at radius 3 is 1.28 bits per heavy atom. The third-order valence-electron chi connectivity index (χ3n) is 4.71. The van der Waals surface area contributed by atoms with Crippen molar-refractivity contribution in [2.24, 2.45) is 11.8 Å². The van der Waals surface area contributed by atoms with E-state index in [-0.39, 0.29) is 11.8 Å². The molecule has 1 aliphatic carbocycles. The molecule has 0 aromatic carbocycles. The topological polar surface area (TPSA) is 40.2 Å². The van der Waals surface area contributed by atoms with Gasteiger partial charge in [0.1, 0.15) is 0 Å². The van der Waals surface area contributed by atoms with Gasteiger partial charge in [-0.05, 0) is 39.5 Å². The minimum absolute atomic E-state index is 0.186. The highest BCUT2D eigenvalue weighted by Crippen LogP contribution is 2.35. The second-order valence-corrected chi connectivity index (χ2v) is 6.23. The fourth-order valence-electron chi connectivity index (χ4n) is 3.15. The zero-order valence-corrected chi connectivity index (χ0v) is 11.3. The van der Waals surface area contributed by atoms with E-state index in [0.29, 0.717) is 23.9 Å². The van der Waals surface area contributed by atoms with Crippen LogP contribution in [0.25, 0.3) is 0 Å². The Balaban J connectivity index is 1.49. The number of carbonyl (C=O) groups is 2. The molecule has 2 atom stereocenters. The van der Waals surface area contributed by atoms with Gasteiger partial charge >= 0.3 is 0 Å². The van der Waals surface area contributed by atoms with E-state index < -0.39 is 0 Å². The second kappa shape index (κ2) is 4.25. The molecule has 18 heavy (non-hydrogen) atoms. The molecule has 0 aromatic rings. The SMILES string of the molecule is CC1CN1C(=O)C1CCC(C(=O)N2CC2C)CC1. The lowest BCUT2D eigenvalue weighted by Gasteiger charge is -2.27. The van der Waals surface area contributed by atoms with Gasteiger partial charge in [0.2, 0.25) is 11.8 Å². The van der Waals surface area contributed by atoms with E-state index in [9.17, 15) is 9.59 Å². The van der Waals surface area contributed by atoms with Crippen LogP contribution in [0.15, 0.2) is 0 Å². The number of rotatable bonds is 2. The third kappa shape index (κ3) is 2.13. The van der Waals surface area contributed by atoms with E-state index in [0.717, 1.165) is 38.8 Å². The zero-order chi connectivity index (χ0) is 12.9. The second-order valence-electron chi connectivity index (χ2n) is 6.23. The Labute approximate surface area is 108 Å². The minimum atomic E-state index is 0.186. The summed E-state index contributed by atoms with van der Waals surface area (Å²) in [4.78, 5) is 28.1. The molecule has 1 saturated carbocycles. The molecule has 3 rings (SSSR count). The van der Waals surface area contributed by atoms with Gasteiger partial charge in [0.15, 0.2) is 0 Å². The lowest BCUT2D eigenvalue weighted by Crippen LogP contribution is -2.32. The Morgan fingerprint density at radius 2 is 1.06 bits per heavy atom. The van der Waals surface area contributed by atoms with Gasteiger partial charge in [0.25, 0.3) is 0 Å². The minimum Gasteiger partial charge on any atom is -0.336 e. The maximum absolute atomic E-state index is 12.1. The van der Waals surface area contributed by atoms with Crippen molar-refractivity contribution < 1.29 is 9.59 Å². The quantitative estimate of drug-likeness (QED) is 0.692. The van der Waals surface area contributed by atoms with Crippen LogP contribution < -0.4 is 0 Å². The van der Waals surface area contributed by atoms with Crippen molar-refractivity contribution in [1.82, 2.24) is 9.80 Å². The summed E-state index contributed by atoms with van der Waals surface area (Å²) in [7, 11) is 0. The van der Waals surface area contributed by atoms with Crippen molar-refractivity contribution >= 4 is 11.8 Å². The van der Waals surface area contributed by atoms with Crippen molar-refractivity contribution in [1.29, 1.82) is 0 Å². The van der Waals surface area contributed by atoms with Crippen LogP contribution in [0.5, 0.6) is 0 Å². The molecular weight excluding hydrogens is 228 g/mol. The maximum Gasteiger partial charge on any atom is 0.226 e. The van der Waals surface area contributed by atoms with E-state index in [1.54, 1.807) is 0 Å². The van der Waals surface area contributed by atoms with Crippen LogP contribution >= 0.6 is 0 Å². The molecule has 0 N–H and O–H groups in total. The zero-order valence-electron chi connectivity index (χ0n) is 11.3. The number of nitrogens with zero attached hydrogens (tertiary/aromatic N) is 2. The van der Waals surface area contributed by atoms with Crippen LogP contribution in [0.4, 0.5) is 0 Å². The van der Waals surface area contributed by atoms with Crippen molar-refractivity contribution in [2.75, 3.05) is 13.1 Å². The molecule has 100 valence electrons. The largest absolute Gasteiger partial charge is 0.336 e. The summed E-state index contributed by atoms with van der Waals surface area (Å²) in [5.74, 6) is 1.03. The molecule has 0 radical (unpaired) electrons. The van der Waals surface area contributed by atoms with Gasteiger partial charge in [-0.25, -0.2) is 0 Å². The number of amides is 2. The summed E-state index contributed by atoms with van der Waals surface area (Å²) in [6.07, 6.45) is 3.61. The average Bonchev–Trinajstić information content (AvgIpc) is 3.27. The van der Waals surface area contributed by atoms with Crippen molar-refractivity contribution in [3.63, 3.8) is 0 Å². The van der Waals surface area contributed by atoms with Gasteiger partial charge in [-0.15, -0.1) is 0 Å². The Bertz CT molecular complexity index is 338. The van der Waals surface area contributed by atoms with E-state index >= 15 is 0 Å². The standard InChI is InChI=1S/C14H22N2O2/c1-9-7-15(9)13(17)11-3-5-12(6-4-11)14(18)16-8-10(16)2/h9-12H,3-8H2,1-2H3. The summed E-state index contributed by atoms with van der Waals surface area (Å²) in [6, 6.07) is 0.908. The van der Waals surface area contributed by atoms with Crippen LogP contribution in [0, 0.1) is 11.8 Å². The molecule has 2 saturated heterocycles. The summed E-state index contributed by atoms with van der Waals surface area (Å²) in [5.41, 5.74) is 0. The number of hydrogen-bond donors (Lipinski definition) is 0. The molecule has 2 aliphatic heterocycles. The van der Waals surface area contributed by atoms with Gasteiger partial charge in [0.05, 0.1) is 0 Å². The van der Waals surface area contributed by atoms with Crippen LogP contribution in [0.2, 0.25) is 0 Å². The smallest absolute Gasteiger partial charge is 0.226 e. The molecule has 2 amide bonds. The van der Waals surface area contributed by atoms with E-state index in [1.807, 2.05) is 9.80 Å². The van der Waals surface area contributed by atoms with Crippen molar-refractivity contribution in [3.8, 4) is 0 Å². The first kappa shape index (κ1) is 12.0. The molecule has 2 unspecified atom stereocenters. The van der Waals surface area contributed by atoms with E-state index in [4.69, 9.17) is 0 Å². The van der Waals surface area contributed by atoms with Crippen LogP contribution in [-0.4, -0.2) is 46.8 Å². The molecule has 4 heteroatoms. The monoisotopic (exact) mass is 250 g/mol. The first-order valence-electron chi connectivity index (χ1n) is 7.19. The normalized spacial score (nSPS) is 38.6. The van der Waals surface area contributed by atoms with Crippen LogP contribution in [0.1, 0.15) is 39.5 Å². The highest BCUT2D eigenvalue weighted by atomic mass is 16.2. The Hall–Kier alpha value is -1.06. The van der Waals surface area contributed by atoms with E-state index in [1.165, 1.54) is 0 Å². The fraction of sp³-hybridized carbons (Fsp3) is 0.857. The van der Waals surface area contributed by atoms with Gasteiger partial charge in [-0.1, -0.05) is 0 Å². The third-order valence-corrected chi connectivity index (χ3v) is 4.71. The molecule has 0 bridgehead atoms. The molecule has 2 heterocycles. The van der Waals surface area contributed by atoms with Gasteiger partial charge in [0, 0.05) is 37.0 Å². The highest BCUT2D eigenvalue weighted by molar-refractivity contribution is 5.83. The predicted molar refractivity (Wildman–Crippen MR) is 67.8 cm³/mol. The van der Waals surface area contributed by atoms with Crippen molar-refractivity contribution in [3.05, 3.63) is 0 Å².